The predicted octanol–water partition coefficient (Wildman–Crippen LogP) is 3.51. The van der Waals surface area contributed by atoms with Gasteiger partial charge in [0.1, 0.15) is 18.1 Å². The topological polar surface area (TPSA) is 38.7 Å². The number of ether oxygens (including phenoxy) is 2. The third-order valence-electron chi connectivity index (χ3n) is 2.74. The molecule has 0 heterocycles. The summed E-state index contributed by atoms with van der Waals surface area (Å²) >= 11 is 0. The first-order valence-electron chi connectivity index (χ1n) is 6.35. The van der Waals surface area contributed by atoms with Gasteiger partial charge >= 0.3 is 0 Å². The third-order valence-corrected chi connectivity index (χ3v) is 2.74. The molecule has 0 radical (unpaired) electrons. The van der Waals surface area contributed by atoms with Gasteiger partial charge in [0, 0.05) is 6.61 Å². The first kappa shape index (κ1) is 13.4. The first-order valence-corrected chi connectivity index (χ1v) is 6.35. The number of rotatable bonds is 6. The zero-order chi connectivity index (χ0) is 13.5. The van der Waals surface area contributed by atoms with Crippen molar-refractivity contribution in [2.24, 2.45) is 0 Å². The van der Waals surface area contributed by atoms with E-state index in [0.29, 0.717) is 13.2 Å². The van der Waals surface area contributed by atoms with Crippen LogP contribution >= 0.6 is 0 Å². The highest BCUT2D eigenvalue weighted by Crippen LogP contribution is 2.16. The first-order chi connectivity index (χ1) is 9.28. The van der Waals surface area contributed by atoms with E-state index in [1.165, 1.54) is 0 Å². The second-order valence-electron chi connectivity index (χ2n) is 4.24. The number of hydrogen-bond acceptors (Lipinski definition) is 3. The van der Waals surface area contributed by atoms with Crippen molar-refractivity contribution >= 4 is 0 Å². The van der Waals surface area contributed by atoms with Crippen LogP contribution in [-0.2, 0) is 18.0 Å². The van der Waals surface area contributed by atoms with Gasteiger partial charge in [0.15, 0.2) is 0 Å². The molecular formula is C16H18O3. The highest BCUT2D eigenvalue weighted by Gasteiger charge is 1.98. The molecule has 0 aromatic heterocycles. The van der Waals surface area contributed by atoms with Crippen molar-refractivity contribution in [1.29, 1.82) is 0 Å². The van der Waals surface area contributed by atoms with Crippen molar-refractivity contribution in [2.45, 2.75) is 20.1 Å². The zero-order valence-corrected chi connectivity index (χ0v) is 11.0. The Morgan fingerprint density at radius 1 is 0.842 bits per heavy atom. The molecule has 0 amide bonds. The molecule has 0 unspecified atom stereocenters. The Morgan fingerprint density at radius 2 is 1.42 bits per heavy atom. The van der Waals surface area contributed by atoms with Crippen LogP contribution in [0, 0.1) is 0 Å². The molecule has 2 rings (SSSR count). The molecule has 0 aliphatic rings. The normalized spacial score (nSPS) is 10.4. The van der Waals surface area contributed by atoms with Crippen LogP contribution in [0.25, 0.3) is 0 Å². The Balaban J connectivity index is 1.87. The van der Waals surface area contributed by atoms with Gasteiger partial charge in [0.05, 0.1) is 6.61 Å². The summed E-state index contributed by atoms with van der Waals surface area (Å²) in [6.45, 7) is 3.83. The van der Waals surface area contributed by atoms with Gasteiger partial charge in [-0.25, -0.2) is 0 Å². The maximum atomic E-state index is 9.19. The van der Waals surface area contributed by atoms with Gasteiger partial charge in [-0.05, 0) is 42.3 Å². The van der Waals surface area contributed by atoms with Gasteiger partial charge in [-0.3, -0.25) is 0 Å². The summed E-state index contributed by atoms with van der Waals surface area (Å²) in [5, 5.41) is 9.19. The van der Waals surface area contributed by atoms with Crippen molar-refractivity contribution in [3.8, 4) is 11.5 Å². The fourth-order valence-electron chi connectivity index (χ4n) is 1.66. The fraction of sp³-hybridized carbons (Fsp3) is 0.250. The second-order valence-corrected chi connectivity index (χ2v) is 4.24. The maximum Gasteiger partial charge on any atom is 0.119 e. The summed E-state index contributed by atoms with van der Waals surface area (Å²) in [5.41, 5.74) is 2.16. The van der Waals surface area contributed by atoms with E-state index >= 15 is 0 Å². The summed E-state index contributed by atoms with van der Waals surface area (Å²) in [4.78, 5) is 0. The lowest BCUT2D eigenvalue weighted by atomic mass is 10.2. The van der Waals surface area contributed by atoms with E-state index in [0.717, 1.165) is 23.5 Å². The molecule has 100 valence electrons. The van der Waals surface area contributed by atoms with Crippen molar-refractivity contribution in [3.63, 3.8) is 0 Å². The van der Waals surface area contributed by atoms with Crippen LogP contribution in [0.1, 0.15) is 18.1 Å². The summed E-state index contributed by atoms with van der Waals surface area (Å²) in [6.07, 6.45) is 0. The lowest BCUT2D eigenvalue weighted by molar-refractivity contribution is 0.134. The molecule has 1 N–H and O–H groups in total. The second kappa shape index (κ2) is 6.81. The van der Waals surface area contributed by atoms with E-state index in [9.17, 15) is 5.11 Å². The van der Waals surface area contributed by atoms with Crippen molar-refractivity contribution in [2.75, 3.05) is 6.61 Å². The average molecular weight is 258 g/mol. The molecular weight excluding hydrogens is 240 g/mol. The van der Waals surface area contributed by atoms with Gasteiger partial charge in [0.2, 0.25) is 0 Å². The van der Waals surface area contributed by atoms with Crippen LogP contribution in [-0.4, -0.2) is 11.7 Å². The van der Waals surface area contributed by atoms with Crippen molar-refractivity contribution in [1.82, 2.24) is 0 Å². The number of benzene rings is 2. The molecule has 0 bridgehead atoms. The van der Waals surface area contributed by atoms with E-state index in [2.05, 4.69) is 0 Å². The van der Waals surface area contributed by atoms with Crippen molar-refractivity contribution < 1.29 is 14.6 Å². The molecule has 19 heavy (non-hydrogen) atoms. The Morgan fingerprint density at radius 3 is 2.05 bits per heavy atom. The largest absolute Gasteiger partial charge is 0.508 e. The third kappa shape index (κ3) is 4.30. The van der Waals surface area contributed by atoms with E-state index < -0.39 is 0 Å². The lowest BCUT2D eigenvalue weighted by Gasteiger charge is -2.07. The summed E-state index contributed by atoms with van der Waals surface area (Å²) in [5.74, 6) is 1.09. The van der Waals surface area contributed by atoms with Crippen LogP contribution in [0.4, 0.5) is 0 Å². The predicted molar refractivity (Wildman–Crippen MR) is 74.2 cm³/mol. The van der Waals surface area contributed by atoms with Crippen LogP contribution in [0.3, 0.4) is 0 Å². The number of hydrogen-bond donors (Lipinski definition) is 1. The Bertz CT molecular complexity index is 488. The van der Waals surface area contributed by atoms with Crippen molar-refractivity contribution in [3.05, 3.63) is 59.7 Å². The smallest absolute Gasteiger partial charge is 0.119 e. The molecule has 0 atom stereocenters. The van der Waals surface area contributed by atoms with Crippen LogP contribution in [0.2, 0.25) is 0 Å². The Labute approximate surface area is 113 Å². The minimum absolute atomic E-state index is 0.268. The van der Waals surface area contributed by atoms with Crippen LogP contribution < -0.4 is 4.74 Å². The minimum Gasteiger partial charge on any atom is -0.508 e. The molecule has 2 aromatic rings. The Kier molecular flexibility index (Phi) is 4.81. The SMILES string of the molecule is CCOCc1ccc(OCc2ccc(O)cc2)cc1. The van der Waals surface area contributed by atoms with E-state index in [1.54, 1.807) is 12.1 Å². The van der Waals surface area contributed by atoms with E-state index in [4.69, 9.17) is 9.47 Å². The Hall–Kier alpha value is -2.00. The molecule has 3 nitrogen and oxygen atoms in total. The monoisotopic (exact) mass is 258 g/mol. The quantitative estimate of drug-likeness (QED) is 0.861. The summed E-state index contributed by atoms with van der Waals surface area (Å²) < 4.78 is 11.0. The fourth-order valence-corrected chi connectivity index (χ4v) is 1.66. The molecule has 0 aliphatic heterocycles. The molecule has 2 aromatic carbocycles. The van der Waals surface area contributed by atoms with Gasteiger partial charge in [0.25, 0.3) is 0 Å². The number of aromatic hydroxyl groups is 1. The van der Waals surface area contributed by atoms with E-state index in [-0.39, 0.29) is 5.75 Å². The maximum absolute atomic E-state index is 9.19. The molecule has 0 saturated heterocycles. The van der Waals surface area contributed by atoms with E-state index in [1.807, 2.05) is 43.3 Å². The summed E-state index contributed by atoms with van der Waals surface area (Å²) in [6, 6.07) is 14.9. The molecule has 3 heteroatoms. The summed E-state index contributed by atoms with van der Waals surface area (Å²) in [7, 11) is 0. The number of phenolic OH excluding ortho intramolecular Hbond substituents is 1. The van der Waals surface area contributed by atoms with Gasteiger partial charge in [-0.1, -0.05) is 24.3 Å². The highest BCUT2D eigenvalue weighted by molar-refractivity contribution is 5.28. The van der Waals surface area contributed by atoms with Crippen LogP contribution in [0.15, 0.2) is 48.5 Å². The molecule has 0 aliphatic carbocycles. The van der Waals surface area contributed by atoms with Gasteiger partial charge in [-0.2, -0.15) is 0 Å². The van der Waals surface area contributed by atoms with Gasteiger partial charge in [-0.15, -0.1) is 0 Å². The standard InChI is InChI=1S/C16H18O3/c1-2-18-11-13-5-9-16(10-6-13)19-12-14-3-7-15(17)8-4-14/h3-10,17H,2,11-12H2,1H3. The van der Waals surface area contributed by atoms with Gasteiger partial charge < -0.3 is 14.6 Å². The molecule has 0 fully saturated rings. The highest BCUT2D eigenvalue weighted by atomic mass is 16.5. The number of phenols is 1. The lowest BCUT2D eigenvalue weighted by Crippen LogP contribution is -1.96. The molecule has 0 saturated carbocycles. The zero-order valence-electron chi connectivity index (χ0n) is 11.0. The minimum atomic E-state index is 0.268. The molecule has 0 spiro atoms. The van der Waals surface area contributed by atoms with Crippen LogP contribution in [0.5, 0.6) is 11.5 Å². The average Bonchev–Trinajstić information content (AvgIpc) is 2.46.